The van der Waals surface area contributed by atoms with Crippen molar-refractivity contribution in [2.45, 2.75) is 70.6 Å². The second-order valence-corrected chi connectivity index (χ2v) is 15.7. The van der Waals surface area contributed by atoms with Gasteiger partial charge in [0.25, 0.3) is 5.91 Å². The fourth-order valence-corrected chi connectivity index (χ4v) is 6.83. The highest BCUT2D eigenvalue weighted by atomic mass is 16.5. The molecule has 1 aliphatic heterocycles. The van der Waals surface area contributed by atoms with E-state index in [9.17, 15) is 9.59 Å². The van der Waals surface area contributed by atoms with Crippen molar-refractivity contribution < 1.29 is 14.3 Å². The highest BCUT2D eigenvalue weighted by molar-refractivity contribution is 5.92. The van der Waals surface area contributed by atoms with E-state index in [4.69, 9.17) is 4.74 Å². The number of carbonyl (C=O) groups excluding carboxylic acids is 2. The van der Waals surface area contributed by atoms with E-state index in [1.807, 2.05) is 80.7 Å². The van der Waals surface area contributed by atoms with Gasteiger partial charge in [-0.3, -0.25) is 19.4 Å². The van der Waals surface area contributed by atoms with Crippen LogP contribution in [0.15, 0.2) is 48.7 Å². The van der Waals surface area contributed by atoms with Gasteiger partial charge in [0.05, 0.1) is 23.5 Å². The van der Waals surface area contributed by atoms with Crippen LogP contribution in [0.2, 0.25) is 0 Å². The number of carbonyl (C=O) groups is 2. The lowest BCUT2D eigenvalue weighted by Gasteiger charge is -2.42. The van der Waals surface area contributed by atoms with Crippen LogP contribution >= 0.6 is 0 Å². The molecule has 52 heavy (non-hydrogen) atoms. The van der Waals surface area contributed by atoms with Crippen LogP contribution in [0.3, 0.4) is 0 Å². The number of fused-ring (bicyclic) bond motifs is 2. The number of rotatable bonds is 10. The van der Waals surface area contributed by atoms with Gasteiger partial charge in [-0.15, -0.1) is 10.2 Å². The van der Waals surface area contributed by atoms with E-state index in [1.54, 1.807) is 6.07 Å². The van der Waals surface area contributed by atoms with Gasteiger partial charge in [-0.1, -0.05) is 45.0 Å². The molecule has 3 amide bonds. The first-order valence-corrected chi connectivity index (χ1v) is 18.1. The van der Waals surface area contributed by atoms with Gasteiger partial charge in [0, 0.05) is 50.7 Å². The number of hydrogen-bond donors (Lipinski definition) is 3. The molecule has 0 radical (unpaired) electrons. The van der Waals surface area contributed by atoms with E-state index in [0.717, 1.165) is 54.5 Å². The Morgan fingerprint density at radius 2 is 1.67 bits per heavy atom. The highest BCUT2D eigenvalue weighted by Gasteiger charge is 2.35. The standard InChI is InChI=1S/C38H53N11O3/c1-37(2,3)30-23-31(42-33(41-30)34(50)39-17-18-46(6)7)43-36(51)40-28-14-15-29(27-12-10-9-11-26(27)28)52-25-13-16-32-44-45-35(49(32)24-25)38(4,5)48-21-19-47(8)20-22-48/h9-13,16,23-24,28-29H,14-15,17-22H2,1-8H3,(H,39,50)(H2,40,41,42,43,51). The van der Waals surface area contributed by atoms with E-state index < -0.39 is 6.03 Å². The van der Waals surface area contributed by atoms with Crippen LogP contribution in [-0.2, 0) is 11.0 Å². The summed E-state index contributed by atoms with van der Waals surface area (Å²) >= 11 is 0. The lowest BCUT2D eigenvalue weighted by molar-refractivity contribution is 0.0544. The Balaban J connectivity index is 1.16. The molecule has 1 fully saturated rings. The van der Waals surface area contributed by atoms with Crippen LogP contribution < -0.4 is 20.7 Å². The summed E-state index contributed by atoms with van der Waals surface area (Å²) in [6.07, 6.45) is 3.15. The van der Waals surface area contributed by atoms with Crippen LogP contribution in [0.1, 0.15) is 92.9 Å². The number of nitrogens with zero attached hydrogens (tertiary/aromatic N) is 8. The number of anilines is 1. The van der Waals surface area contributed by atoms with Crippen molar-refractivity contribution in [3.8, 4) is 5.75 Å². The van der Waals surface area contributed by atoms with Crippen LogP contribution in [0.5, 0.6) is 5.75 Å². The molecule has 2 unspecified atom stereocenters. The first-order chi connectivity index (χ1) is 24.7. The highest BCUT2D eigenvalue weighted by Crippen LogP contribution is 2.39. The van der Waals surface area contributed by atoms with Crippen molar-refractivity contribution in [3.63, 3.8) is 0 Å². The SMILES string of the molecule is CN(C)CCNC(=O)c1nc(NC(=O)NC2CCC(Oc3ccc4nnc(C(C)(C)N5CCN(C)CC5)n4c3)c3ccccc32)cc(C(C)(C)C)n1. The lowest BCUT2D eigenvalue weighted by Crippen LogP contribution is -2.52. The number of nitrogens with one attached hydrogen (secondary N) is 3. The number of likely N-dealkylation sites (N-methyl/N-ethyl adjacent to an activating group) is 2. The Bertz CT molecular complexity index is 1890. The molecule has 0 spiro atoms. The molecule has 1 aromatic carbocycles. The molecule has 278 valence electrons. The molecule has 2 aliphatic rings. The van der Waals surface area contributed by atoms with Gasteiger partial charge < -0.3 is 25.2 Å². The molecule has 4 aromatic rings. The number of amides is 3. The molecule has 14 heteroatoms. The zero-order valence-corrected chi connectivity index (χ0v) is 31.7. The Hall–Kier alpha value is -4.66. The average molecular weight is 712 g/mol. The third-order valence-corrected chi connectivity index (χ3v) is 10.0. The molecule has 6 rings (SSSR count). The maximum Gasteiger partial charge on any atom is 0.320 e. The second kappa shape index (κ2) is 15.1. The topological polar surface area (TPSA) is 145 Å². The maximum atomic E-state index is 13.5. The smallest absolute Gasteiger partial charge is 0.320 e. The van der Waals surface area contributed by atoms with Crippen molar-refractivity contribution in [2.24, 2.45) is 0 Å². The maximum absolute atomic E-state index is 13.5. The van der Waals surface area contributed by atoms with Crippen molar-refractivity contribution in [1.29, 1.82) is 0 Å². The first-order valence-electron chi connectivity index (χ1n) is 18.1. The van der Waals surface area contributed by atoms with Crippen LogP contribution in [0.25, 0.3) is 5.65 Å². The summed E-state index contributed by atoms with van der Waals surface area (Å²) in [4.78, 5) is 42.1. The summed E-state index contributed by atoms with van der Waals surface area (Å²) in [6.45, 7) is 15.5. The van der Waals surface area contributed by atoms with Crippen LogP contribution in [-0.4, -0.2) is 112 Å². The lowest BCUT2D eigenvalue weighted by atomic mass is 9.85. The number of benzene rings is 1. The molecule has 1 saturated heterocycles. The quantitative estimate of drug-likeness (QED) is 0.217. The number of piperazine rings is 1. The fraction of sp³-hybridized carbons (Fsp3) is 0.526. The summed E-state index contributed by atoms with van der Waals surface area (Å²) in [7, 11) is 6.03. The Labute approximate surface area is 306 Å². The van der Waals surface area contributed by atoms with E-state index >= 15 is 0 Å². The van der Waals surface area contributed by atoms with Gasteiger partial charge in [0.15, 0.2) is 11.5 Å². The van der Waals surface area contributed by atoms with Gasteiger partial charge in [-0.25, -0.2) is 14.8 Å². The average Bonchev–Trinajstić information content (AvgIpc) is 3.53. The van der Waals surface area contributed by atoms with Gasteiger partial charge >= 0.3 is 6.03 Å². The minimum Gasteiger partial charge on any atom is -0.484 e. The summed E-state index contributed by atoms with van der Waals surface area (Å²) in [5, 5.41) is 18.0. The molecular weight excluding hydrogens is 658 g/mol. The molecular formula is C38H53N11O3. The molecule has 0 saturated carbocycles. The van der Waals surface area contributed by atoms with Gasteiger partial charge in [0.2, 0.25) is 5.82 Å². The summed E-state index contributed by atoms with van der Waals surface area (Å²) < 4.78 is 8.72. The van der Waals surface area contributed by atoms with Gasteiger partial charge in [-0.05, 0) is 71.1 Å². The predicted octanol–water partition coefficient (Wildman–Crippen LogP) is 4.37. The molecule has 0 bridgehead atoms. The Morgan fingerprint density at radius 3 is 2.38 bits per heavy atom. The number of aromatic nitrogens is 5. The Morgan fingerprint density at radius 1 is 0.942 bits per heavy atom. The monoisotopic (exact) mass is 711 g/mol. The number of urea groups is 1. The van der Waals surface area contributed by atoms with E-state index in [2.05, 4.69) is 72.9 Å². The molecule has 3 aromatic heterocycles. The number of hydrogen-bond acceptors (Lipinski definition) is 10. The molecule has 2 atom stereocenters. The normalized spacial score (nSPS) is 18.6. The number of ether oxygens (including phenoxy) is 1. The zero-order valence-electron chi connectivity index (χ0n) is 31.7. The van der Waals surface area contributed by atoms with Crippen molar-refractivity contribution >= 4 is 23.4 Å². The largest absolute Gasteiger partial charge is 0.484 e. The third kappa shape index (κ3) is 8.35. The summed E-state index contributed by atoms with van der Waals surface area (Å²) in [6, 6.07) is 13.0. The first kappa shape index (κ1) is 37.1. The van der Waals surface area contributed by atoms with E-state index in [-0.39, 0.29) is 40.6 Å². The van der Waals surface area contributed by atoms with Crippen molar-refractivity contribution in [2.75, 3.05) is 65.7 Å². The minimum absolute atomic E-state index is 0.0177. The second-order valence-electron chi connectivity index (χ2n) is 15.7. The summed E-state index contributed by atoms with van der Waals surface area (Å²) in [5.41, 5.74) is 2.77. The zero-order chi connectivity index (χ0) is 37.2. The van der Waals surface area contributed by atoms with Crippen LogP contribution in [0.4, 0.5) is 10.6 Å². The molecule has 4 heterocycles. The van der Waals surface area contributed by atoms with Crippen molar-refractivity contribution in [3.05, 3.63) is 77.1 Å². The fourth-order valence-electron chi connectivity index (χ4n) is 6.83. The van der Waals surface area contributed by atoms with E-state index in [1.165, 1.54) is 0 Å². The minimum atomic E-state index is -0.412. The third-order valence-electron chi connectivity index (χ3n) is 10.0. The summed E-state index contributed by atoms with van der Waals surface area (Å²) in [5.74, 6) is 1.50. The molecule has 14 nitrogen and oxygen atoms in total. The molecule has 1 aliphatic carbocycles. The van der Waals surface area contributed by atoms with Crippen molar-refractivity contribution in [1.82, 2.24) is 49.9 Å². The van der Waals surface area contributed by atoms with Gasteiger partial charge in [0.1, 0.15) is 17.7 Å². The number of pyridine rings is 1. The molecule has 3 N–H and O–H groups in total. The van der Waals surface area contributed by atoms with Gasteiger partial charge in [-0.2, -0.15) is 0 Å². The van der Waals surface area contributed by atoms with Crippen LogP contribution in [0, 0.1) is 0 Å². The van der Waals surface area contributed by atoms with E-state index in [0.29, 0.717) is 31.6 Å². The predicted molar refractivity (Wildman–Crippen MR) is 201 cm³/mol. The Kier molecular flexibility index (Phi) is 10.8.